The molecule has 0 aliphatic carbocycles. The molecule has 0 saturated carbocycles. The van der Waals surface area contributed by atoms with Crippen LogP contribution < -0.4 is 0 Å². The van der Waals surface area contributed by atoms with Crippen molar-refractivity contribution in [3.63, 3.8) is 0 Å². The molecular formula is C14H16INO. The molecule has 1 saturated heterocycles. The molecule has 1 amide bonds. The van der Waals surface area contributed by atoms with E-state index in [0.29, 0.717) is 0 Å². The molecule has 0 spiro atoms. The lowest BCUT2D eigenvalue weighted by Crippen LogP contribution is -2.34. The second kappa shape index (κ2) is 6.19. The van der Waals surface area contributed by atoms with Gasteiger partial charge in [-0.2, -0.15) is 0 Å². The fourth-order valence-electron chi connectivity index (χ4n) is 2.00. The zero-order chi connectivity index (χ0) is 12.1. The Morgan fingerprint density at radius 2 is 2.00 bits per heavy atom. The molecule has 0 N–H and O–H groups in total. The molecule has 0 bridgehead atoms. The maximum absolute atomic E-state index is 11.9. The van der Waals surface area contributed by atoms with Crippen LogP contribution in [0.3, 0.4) is 0 Å². The van der Waals surface area contributed by atoms with E-state index in [2.05, 4.69) is 28.7 Å². The van der Waals surface area contributed by atoms with Crippen molar-refractivity contribution >= 4 is 34.6 Å². The van der Waals surface area contributed by atoms with Crippen molar-refractivity contribution in [2.75, 3.05) is 13.1 Å². The molecule has 2 nitrogen and oxygen atoms in total. The van der Waals surface area contributed by atoms with E-state index >= 15 is 0 Å². The van der Waals surface area contributed by atoms with Crippen LogP contribution in [-0.4, -0.2) is 23.9 Å². The smallest absolute Gasteiger partial charge is 0.246 e. The van der Waals surface area contributed by atoms with Crippen molar-refractivity contribution in [2.24, 2.45) is 0 Å². The summed E-state index contributed by atoms with van der Waals surface area (Å²) in [5.41, 5.74) is 1.09. The molecule has 1 aliphatic heterocycles. The minimum atomic E-state index is 0.142. The first-order valence-electron chi connectivity index (χ1n) is 5.98. The minimum absolute atomic E-state index is 0.142. The molecule has 1 heterocycles. The minimum Gasteiger partial charge on any atom is -0.339 e. The SMILES string of the molecule is O=C(C=Cc1cccc(I)c1)N1CCCCC1. The first kappa shape index (κ1) is 12.6. The Morgan fingerprint density at radius 1 is 1.24 bits per heavy atom. The molecule has 1 aromatic carbocycles. The van der Waals surface area contributed by atoms with Gasteiger partial charge in [-0.25, -0.2) is 0 Å². The van der Waals surface area contributed by atoms with Gasteiger partial charge in [0, 0.05) is 22.7 Å². The summed E-state index contributed by atoms with van der Waals surface area (Å²) in [7, 11) is 0. The maximum Gasteiger partial charge on any atom is 0.246 e. The summed E-state index contributed by atoms with van der Waals surface area (Å²) in [4.78, 5) is 13.8. The normalized spacial score (nSPS) is 16.4. The summed E-state index contributed by atoms with van der Waals surface area (Å²) in [6.45, 7) is 1.82. The van der Waals surface area contributed by atoms with E-state index in [1.165, 1.54) is 9.99 Å². The van der Waals surface area contributed by atoms with Gasteiger partial charge in [-0.1, -0.05) is 12.1 Å². The number of carbonyl (C=O) groups excluding carboxylic acids is 1. The number of rotatable bonds is 2. The average molecular weight is 341 g/mol. The monoisotopic (exact) mass is 341 g/mol. The van der Waals surface area contributed by atoms with Crippen molar-refractivity contribution in [3.05, 3.63) is 39.5 Å². The van der Waals surface area contributed by atoms with E-state index in [-0.39, 0.29) is 5.91 Å². The molecular weight excluding hydrogens is 325 g/mol. The highest BCUT2D eigenvalue weighted by Crippen LogP contribution is 2.11. The van der Waals surface area contributed by atoms with Crippen LogP contribution in [0.1, 0.15) is 24.8 Å². The Hall–Kier alpha value is -0.840. The van der Waals surface area contributed by atoms with Gasteiger partial charge in [-0.05, 0) is 65.6 Å². The molecule has 3 heteroatoms. The lowest BCUT2D eigenvalue weighted by Gasteiger charge is -2.25. The number of hydrogen-bond donors (Lipinski definition) is 0. The number of amides is 1. The number of benzene rings is 1. The Labute approximate surface area is 116 Å². The molecule has 0 unspecified atom stereocenters. The Kier molecular flexibility index (Phi) is 4.59. The van der Waals surface area contributed by atoms with Gasteiger partial charge < -0.3 is 4.90 Å². The van der Waals surface area contributed by atoms with Gasteiger partial charge in [0.2, 0.25) is 5.91 Å². The van der Waals surface area contributed by atoms with E-state index in [1.807, 2.05) is 29.2 Å². The number of hydrogen-bond acceptors (Lipinski definition) is 1. The van der Waals surface area contributed by atoms with Crippen molar-refractivity contribution in [2.45, 2.75) is 19.3 Å². The van der Waals surface area contributed by atoms with Crippen LogP contribution in [0.5, 0.6) is 0 Å². The Morgan fingerprint density at radius 3 is 2.71 bits per heavy atom. The van der Waals surface area contributed by atoms with Crippen LogP contribution in [-0.2, 0) is 4.79 Å². The van der Waals surface area contributed by atoms with Gasteiger partial charge in [0.1, 0.15) is 0 Å². The molecule has 1 aromatic rings. The van der Waals surface area contributed by atoms with E-state index in [0.717, 1.165) is 31.5 Å². The number of carbonyl (C=O) groups is 1. The first-order chi connectivity index (χ1) is 8.25. The van der Waals surface area contributed by atoms with Crippen LogP contribution in [0.15, 0.2) is 30.3 Å². The Bertz CT molecular complexity index is 422. The fraction of sp³-hybridized carbons (Fsp3) is 0.357. The fourth-order valence-corrected chi connectivity index (χ4v) is 2.56. The van der Waals surface area contributed by atoms with Crippen LogP contribution in [0, 0.1) is 3.57 Å². The molecule has 90 valence electrons. The third-order valence-electron chi connectivity index (χ3n) is 2.93. The molecule has 0 aromatic heterocycles. The second-order valence-corrected chi connectivity index (χ2v) is 5.52. The third kappa shape index (κ3) is 3.84. The van der Waals surface area contributed by atoms with Crippen molar-refractivity contribution in [1.82, 2.24) is 4.90 Å². The molecule has 0 radical (unpaired) electrons. The van der Waals surface area contributed by atoms with Gasteiger partial charge in [-0.3, -0.25) is 4.79 Å². The highest BCUT2D eigenvalue weighted by molar-refractivity contribution is 14.1. The molecule has 1 aliphatic rings. The van der Waals surface area contributed by atoms with Gasteiger partial charge in [0.25, 0.3) is 0 Å². The standard InChI is InChI=1S/C14H16INO/c15-13-6-4-5-12(11-13)7-8-14(17)16-9-2-1-3-10-16/h4-8,11H,1-3,9-10H2. The van der Waals surface area contributed by atoms with Gasteiger partial charge in [-0.15, -0.1) is 0 Å². The first-order valence-corrected chi connectivity index (χ1v) is 7.06. The topological polar surface area (TPSA) is 20.3 Å². The zero-order valence-corrected chi connectivity index (χ0v) is 11.9. The van der Waals surface area contributed by atoms with E-state index in [9.17, 15) is 4.79 Å². The number of halogens is 1. The summed E-state index contributed by atoms with van der Waals surface area (Å²) >= 11 is 2.28. The number of piperidine rings is 1. The number of nitrogens with zero attached hydrogens (tertiary/aromatic N) is 1. The second-order valence-electron chi connectivity index (χ2n) is 4.27. The zero-order valence-electron chi connectivity index (χ0n) is 9.73. The van der Waals surface area contributed by atoms with Crippen LogP contribution in [0.4, 0.5) is 0 Å². The molecule has 2 rings (SSSR count). The van der Waals surface area contributed by atoms with Crippen molar-refractivity contribution < 1.29 is 4.79 Å². The van der Waals surface area contributed by atoms with E-state index < -0.39 is 0 Å². The van der Waals surface area contributed by atoms with Crippen molar-refractivity contribution in [3.8, 4) is 0 Å². The lowest BCUT2D eigenvalue weighted by molar-refractivity contribution is -0.126. The van der Waals surface area contributed by atoms with Gasteiger partial charge in [0.15, 0.2) is 0 Å². The van der Waals surface area contributed by atoms with Crippen LogP contribution in [0.25, 0.3) is 6.08 Å². The van der Waals surface area contributed by atoms with Crippen LogP contribution in [0.2, 0.25) is 0 Å². The maximum atomic E-state index is 11.9. The number of likely N-dealkylation sites (tertiary alicyclic amines) is 1. The highest BCUT2D eigenvalue weighted by atomic mass is 127. The summed E-state index contributed by atoms with van der Waals surface area (Å²) in [5.74, 6) is 0.142. The average Bonchev–Trinajstić information content (AvgIpc) is 2.37. The molecule has 1 fully saturated rings. The van der Waals surface area contributed by atoms with E-state index in [1.54, 1.807) is 6.08 Å². The summed E-state index contributed by atoms with van der Waals surface area (Å²) in [6.07, 6.45) is 7.13. The largest absolute Gasteiger partial charge is 0.339 e. The van der Waals surface area contributed by atoms with Gasteiger partial charge in [0.05, 0.1) is 0 Å². The quantitative estimate of drug-likeness (QED) is 0.597. The van der Waals surface area contributed by atoms with Crippen LogP contribution >= 0.6 is 22.6 Å². The molecule has 0 atom stereocenters. The third-order valence-corrected chi connectivity index (χ3v) is 3.61. The predicted octanol–water partition coefficient (Wildman–Crippen LogP) is 3.32. The lowest BCUT2D eigenvalue weighted by atomic mass is 10.1. The molecule has 17 heavy (non-hydrogen) atoms. The van der Waals surface area contributed by atoms with E-state index in [4.69, 9.17) is 0 Å². The summed E-state index contributed by atoms with van der Waals surface area (Å²) in [5, 5.41) is 0. The van der Waals surface area contributed by atoms with Crippen molar-refractivity contribution in [1.29, 1.82) is 0 Å². The summed E-state index contributed by atoms with van der Waals surface area (Å²) in [6, 6.07) is 8.14. The predicted molar refractivity (Wildman–Crippen MR) is 78.6 cm³/mol. The van der Waals surface area contributed by atoms with Gasteiger partial charge >= 0.3 is 0 Å². The highest BCUT2D eigenvalue weighted by Gasteiger charge is 2.13. The Balaban J connectivity index is 1.97. The summed E-state index contributed by atoms with van der Waals surface area (Å²) < 4.78 is 1.19.